The number of furan rings is 1. The van der Waals surface area contributed by atoms with E-state index in [1.807, 2.05) is 54.6 Å². The van der Waals surface area contributed by atoms with E-state index in [0.29, 0.717) is 5.56 Å². The minimum absolute atomic E-state index is 0.00129. The van der Waals surface area contributed by atoms with Crippen LogP contribution in [0.1, 0.15) is 13.7 Å². The zero-order valence-corrected chi connectivity index (χ0v) is 21.3. The fourth-order valence-electron chi connectivity index (χ4n) is 5.00. The Hall–Kier alpha value is -5.61. The number of nitrogens with zero attached hydrogens (tertiary/aromatic N) is 3. The van der Waals surface area contributed by atoms with Crippen LogP contribution in [-0.4, -0.2) is 15.0 Å². The lowest BCUT2D eigenvalue weighted by Gasteiger charge is -2.09. The lowest BCUT2D eigenvalue weighted by atomic mass is 9.97. The molecule has 0 aliphatic rings. The first-order chi connectivity index (χ1) is 24.4. The molecule has 41 heavy (non-hydrogen) atoms. The zero-order valence-electron chi connectivity index (χ0n) is 31.3. The van der Waals surface area contributed by atoms with Gasteiger partial charge in [-0.25, -0.2) is 15.0 Å². The fourth-order valence-corrected chi connectivity index (χ4v) is 5.00. The van der Waals surface area contributed by atoms with Gasteiger partial charge in [-0.2, -0.15) is 0 Å². The molecule has 0 saturated carbocycles. The summed E-state index contributed by atoms with van der Waals surface area (Å²) in [6.07, 6.45) is 0. The highest BCUT2D eigenvalue weighted by atomic mass is 16.3. The van der Waals surface area contributed by atoms with Gasteiger partial charge in [0.2, 0.25) is 0 Å². The van der Waals surface area contributed by atoms with E-state index in [2.05, 4.69) is 27.1 Å². The van der Waals surface area contributed by atoms with Gasteiger partial charge >= 0.3 is 0 Å². The van der Waals surface area contributed by atoms with Gasteiger partial charge < -0.3 is 4.42 Å². The summed E-state index contributed by atoms with van der Waals surface area (Å²) in [6.45, 7) is 0. The summed E-state index contributed by atoms with van der Waals surface area (Å²) in [7, 11) is 0. The van der Waals surface area contributed by atoms with Crippen LogP contribution in [0.25, 0.3) is 78.0 Å². The summed E-state index contributed by atoms with van der Waals surface area (Å²) in [6, 6.07) is 19.4. The van der Waals surface area contributed by atoms with Crippen molar-refractivity contribution in [3.8, 4) is 45.3 Å². The van der Waals surface area contributed by atoms with Crippen molar-refractivity contribution < 1.29 is 18.1 Å². The molecule has 192 valence electrons. The molecule has 2 aromatic heterocycles. The third kappa shape index (κ3) is 4.14. The van der Waals surface area contributed by atoms with Gasteiger partial charge in [-0.05, 0) is 40.1 Å². The second-order valence-electron chi connectivity index (χ2n) is 9.36. The monoisotopic (exact) mass is 535 g/mol. The molecule has 0 amide bonds. The van der Waals surface area contributed by atoms with Crippen LogP contribution < -0.4 is 0 Å². The zero-order chi connectivity index (χ0) is 35.9. The van der Waals surface area contributed by atoms with Gasteiger partial charge in [0.1, 0.15) is 11.2 Å². The summed E-state index contributed by atoms with van der Waals surface area (Å²) < 4.78 is 89.2. The molecular weight excluding hydrogens is 502 g/mol. The summed E-state index contributed by atoms with van der Waals surface area (Å²) in [5, 5.41) is 4.06. The van der Waals surface area contributed by atoms with Crippen LogP contribution >= 0.6 is 0 Å². The second kappa shape index (κ2) is 9.54. The van der Waals surface area contributed by atoms with Crippen molar-refractivity contribution >= 4 is 32.7 Å². The molecule has 0 aliphatic heterocycles. The van der Waals surface area contributed by atoms with Crippen LogP contribution in [0, 0.1) is 0 Å². The quantitative estimate of drug-likeness (QED) is 0.225. The average Bonchev–Trinajstić information content (AvgIpc) is 3.51. The predicted octanol–water partition coefficient (Wildman–Crippen LogP) is 9.59. The maximum atomic E-state index is 8.54. The van der Waals surface area contributed by atoms with E-state index < -0.39 is 60.4 Å². The molecular formula is C37H23N3O. The van der Waals surface area contributed by atoms with E-state index in [4.69, 9.17) is 18.1 Å². The normalized spacial score (nSPS) is 14.8. The molecule has 0 spiro atoms. The molecule has 4 heteroatoms. The smallest absolute Gasteiger partial charge is 0.164 e. The maximum absolute atomic E-state index is 8.54. The Morgan fingerprint density at radius 2 is 1.05 bits per heavy atom. The molecule has 0 atom stereocenters. The number of aromatic nitrogens is 3. The average molecular weight is 536 g/mol. The van der Waals surface area contributed by atoms with Crippen LogP contribution in [0.2, 0.25) is 0 Å². The van der Waals surface area contributed by atoms with Gasteiger partial charge in [-0.3, -0.25) is 0 Å². The Kier molecular flexibility index (Phi) is 3.55. The van der Waals surface area contributed by atoms with Crippen LogP contribution in [0.15, 0.2) is 144 Å². The molecule has 0 radical (unpaired) electrons. The van der Waals surface area contributed by atoms with Crippen molar-refractivity contribution in [2.75, 3.05) is 0 Å². The molecule has 2 heterocycles. The highest BCUT2D eigenvalue weighted by Gasteiger charge is 2.15. The molecule has 0 unspecified atom stereocenters. The molecule has 4 nitrogen and oxygen atoms in total. The molecule has 0 saturated heterocycles. The van der Waals surface area contributed by atoms with Gasteiger partial charge in [0.25, 0.3) is 0 Å². The first-order valence-corrected chi connectivity index (χ1v) is 12.8. The Morgan fingerprint density at radius 3 is 1.68 bits per heavy atom. The highest BCUT2D eigenvalue weighted by Crippen LogP contribution is 2.38. The minimum Gasteiger partial charge on any atom is -0.456 e. The largest absolute Gasteiger partial charge is 0.456 e. The molecule has 0 fully saturated rings. The Morgan fingerprint density at radius 1 is 0.488 bits per heavy atom. The minimum atomic E-state index is -0.601. The van der Waals surface area contributed by atoms with Crippen LogP contribution in [0.5, 0.6) is 0 Å². The van der Waals surface area contributed by atoms with Gasteiger partial charge in [0.15, 0.2) is 17.5 Å². The van der Waals surface area contributed by atoms with Crippen molar-refractivity contribution in [3.63, 3.8) is 0 Å². The van der Waals surface area contributed by atoms with Crippen molar-refractivity contribution in [1.82, 2.24) is 15.0 Å². The summed E-state index contributed by atoms with van der Waals surface area (Å²) in [4.78, 5) is 13.4. The summed E-state index contributed by atoms with van der Waals surface area (Å²) in [5.41, 5.74) is 3.07. The SMILES string of the molecule is [2H]c1c([2H])c([2H])c(-c2nc(-c3ccc(-c4cccc5oc6cc7ccccc7cc6c45)cc3)nc(-c3c([2H])c([2H])c([2H])c([2H])c3[2H])n2)c([2H])c1[2H]. The van der Waals surface area contributed by atoms with E-state index in [1.165, 1.54) is 0 Å². The molecule has 6 aromatic carbocycles. The topological polar surface area (TPSA) is 51.8 Å². The number of rotatable bonds is 4. The van der Waals surface area contributed by atoms with Crippen molar-refractivity contribution in [2.45, 2.75) is 0 Å². The van der Waals surface area contributed by atoms with Crippen molar-refractivity contribution in [1.29, 1.82) is 0 Å². The molecule has 0 bridgehead atoms. The molecule has 0 aliphatic carbocycles. The predicted molar refractivity (Wildman–Crippen MR) is 166 cm³/mol. The standard InChI is InChI=1S/C37H23N3O/c1-3-10-25(11-4-1)35-38-36(26-12-5-2-6-13-26)40-37(39-35)27-20-18-24(19-21-27)30-16-9-17-32-34(30)31-22-28-14-7-8-15-29(28)23-33(31)41-32/h1-23H/i1D,2D,3D,4D,5D,6D,10D,11D,12D,13D. The molecule has 8 rings (SSSR count). The van der Waals surface area contributed by atoms with Crippen molar-refractivity contribution in [2.24, 2.45) is 0 Å². The summed E-state index contributed by atoms with van der Waals surface area (Å²) in [5.74, 6) is -0.631. The van der Waals surface area contributed by atoms with E-state index >= 15 is 0 Å². The number of hydrogen-bond donors (Lipinski definition) is 0. The second-order valence-corrected chi connectivity index (χ2v) is 9.36. The first-order valence-electron chi connectivity index (χ1n) is 17.8. The Bertz CT molecular complexity index is 2620. The van der Waals surface area contributed by atoms with E-state index in [9.17, 15) is 0 Å². The number of hydrogen-bond acceptors (Lipinski definition) is 4. The van der Waals surface area contributed by atoms with Crippen LogP contribution in [-0.2, 0) is 0 Å². The molecule has 0 N–H and O–H groups in total. The van der Waals surface area contributed by atoms with E-state index in [0.717, 1.165) is 43.8 Å². The van der Waals surface area contributed by atoms with Gasteiger partial charge in [0, 0.05) is 27.5 Å². The highest BCUT2D eigenvalue weighted by molar-refractivity contribution is 6.15. The molecule has 8 aromatic rings. The fraction of sp³-hybridized carbons (Fsp3) is 0. The lowest BCUT2D eigenvalue weighted by Crippen LogP contribution is -2.00. The van der Waals surface area contributed by atoms with Crippen molar-refractivity contribution in [3.05, 3.63) is 139 Å². The summed E-state index contributed by atoms with van der Waals surface area (Å²) >= 11 is 0. The van der Waals surface area contributed by atoms with Gasteiger partial charge in [-0.15, -0.1) is 0 Å². The Balaban J connectivity index is 1.32. The van der Waals surface area contributed by atoms with Gasteiger partial charge in [0.05, 0.1) is 13.7 Å². The van der Waals surface area contributed by atoms with Crippen LogP contribution in [0.4, 0.5) is 0 Å². The lowest BCUT2D eigenvalue weighted by molar-refractivity contribution is 0.669. The third-order valence-electron chi connectivity index (χ3n) is 6.90. The first kappa shape index (κ1) is 15.2. The Labute approximate surface area is 250 Å². The third-order valence-corrected chi connectivity index (χ3v) is 6.90. The van der Waals surface area contributed by atoms with E-state index in [1.54, 1.807) is 12.1 Å². The number of fused-ring (bicyclic) bond motifs is 4. The maximum Gasteiger partial charge on any atom is 0.164 e. The van der Waals surface area contributed by atoms with Gasteiger partial charge in [-0.1, -0.05) is 121 Å². The van der Waals surface area contributed by atoms with E-state index in [-0.39, 0.29) is 28.6 Å². The van der Waals surface area contributed by atoms with Crippen LogP contribution in [0.3, 0.4) is 0 Å². The number of benzene rings is 6.